The summed E-state index contributed by atoms with van der Waals surface area (Å²) in [4.78, 5) is 23.3. The van der Waals surface area contributed by atoms with Crippen molar-refractivity contribution in [3.63, 3.8) is 0 Å². The quantitative estimate of drug-likeness (QED) is 0.282. The fourth-order valence-electron chi connectivity index (χ4n) is 3.44. The van der Waals surface area contributed by atoms with Gasteiger partial charge in [0.25, 0.3) is 5.91 Å². The maximum Gasteiger partial charge on any atom is 0.288 e. The van der Waals surface area contributed by atoms with Crippen molar-refractivity contribution < 1.29 is 24.2 Å². The van der Waals surface area contributed by atoms with E-state index in [1.165, 1.54) is 11.6 Å². The molecule has 3 rings (SSSR count). The van der Waals surface area contributed by atoms with Gasteiger partial charge in [0.05, 0.1) is 28.9 Å². The molecule has 0 aliphatic rings. The third kappa shape index (κ3) is 5.53. The summed E-state index contributed by atoms with van der Waals surface area (Å²) in [7, 11) is 0. The molecule has 11 heteroatoms. The Morgan fingerprint density at radius 1 is 1.18 bits per heavy atom. The number of carbonyl (C=O) groups excluding carboxylic acids is 2. The predicted molar refractivity (Wildman–Crippen MR) is 128 cm³/mol. The molecule has 10 nitrogen and oxygen atoms in total. The highest BCUT2D eigenvalue weighted by Crippen LogP contribution is 2.33. The van der Waals surface area contributed by atoms with Gasteiger partial charge in [-0.25, -0.2) is 0 Å². The second kappa shape index (κ2) is 11.1. The van der Waals surface area contributed by atoms with Crippen molar-refractivity contribution in [2.45, 2.75) is 40.0 Å². The smallest absolute Gasteiger partial charge is 0.288 e. The van der Waals surface area contributed by atoms with Crippen LogP contribution < -0.4 is 15.2 Å². The number of ketones is 1. The number of halogens is 1. The standard InChI is InChI=1S/C23H26BrN5O5/c1-4-6-16-19(8-7-15(14(3)30)21(16)31)33-9-5-10-34-20-12-18(13(2)11-17(20)24)29-23(22(25)32)26-27-28-29/h7-8,11-12,31H,4-6,9-10H2,1-3H3,(H2,25,32). The summed E-state index contributed by atoms with van der Waals surface area (Å²) >= 11 is 3.49. The van der Waals surface area contributed by atoms with Crippen LogP contribution >= 0.6 is 15.9 Å². The SMILES string of the molecule is CCCc1c(OCCCOc2cc(-n3nnnc3C(N)=O)c(C)cc2Br)ccc(C(C)=O)c1O. The largest absolute Gasteiger partial charge is 0.507 e. The van der Waals surface area contributed by atoms with Gasteiger partial charge in [-0.1, -0.05) is 13.3 Å². The number of hydrogen-bond acceptors (Lipinski definition) is 8. The van der Waals surface area contributed by atoms with Gasteiger partial charge >= 0.3 is 0 Å². The number of hydrogen-bond donors (Lipinski definition) is 2. The van der Waals surface area contributed by atoms with Crippen LogP contribution in [0, 0.1) is 6.92 Å². The molecule has 1 heterocycles. The number of nitrogens with two attached hydrogens (primary N) is 1. The molecule has 180 valence electrons. The summed E-state index contributed by atoms with van der Waals surface area (Å²) < 4.78 is 13.8. The first-order chi connectivity index (χ1) is 16.2. The summed E-state index contributed by atoms with van der Waals surface area (Å²) in [6.45, 7) is 5.97. The summed E-state index contributed by atoms with van der Waals surface area (Å²) in [5.41, 5.74) is 7.66. The molecule has 0 aliphatic carbocycles. The number of phenolic OH excluding ortho intramolecular Hbond substituents is 1. The first-order valence-electron chi connectivity index (χ1n) is 10.7. The molecule has 0 saturated heterocycles. The van der Waals surface area contributed by atoms with Gasteiger partial charge in [-0.2, -0.15) is 4.68 Å². The average molecular weight is 532 g/mol. The van der Waals surface area contributed by atoms with Crippen molar-refractivity contribution in [3.05, 3.63) is 51.3 Å². The monoisotopic (exact) mass is 531 g/mol. The Hall–Kier alpha value is -3.47. The molecule has 1 aromatic heterocycles. The van der Waals surface area contributed by atoms with E-state index in [1.54, 1.807) is 18.2 Å². The highest BCUT2D eigenvalue weighted by molar-refractivity contribution is 9.10. The van der Waals surface area contributed by atoms with Crippen LogP contribution in [0.4, 0.5) is 0 Å². The molecule has 3 N–H and O–H groups in total. The Bertz CT molecular complexity index is 1210. The van der Waals surface area contributed by atoms with Crippen molar-refractivity contribution in [3.8, 4) is 22.9 Å². The number of primary amides is 1. The van der Waals surface area contributed by atoms with Gasteiger partial charge < -0.3 is 20.3 Å². The van der Waals surface area contributed by atoms with E-state index in [-0.39, 0.29) is 17.4 Å². The van der Waals surface area contributed by atoms with E-state index in [4.69, 9.17) is 15.2 Å². The number of amides is 1. The van der Waals surface area contributed by atoms with Crippen molar-refractivity contribution >= 4 is 27.6 Å². The molecule has 0 spiro atoms. The number of Topliss-reactive ketones (excluding diaryl/α,β-unsaturated/α-hetero) is 1. The van der Waals surface area contributed by atoms with Crippen molar-refractivity contribution in [2.75, 3.05) is 13.2 Å². The molecule has 0 bridgehead atoms. The van der Waals surface area contributed by atoms with Crippen LogP contribution in [0.5, 0.6) is 17.2 Å². The molecule has 1 amide bonds. The van der Waals surface area contributed by atoms with E-state index in [0.29, 0.717) is 54.4 Å². The number of aromatic hydroxyl groups is 1. The van der Waals surface area contributed by atoms with Gasteiger partial charge in [0.2, 0.25) is 5.82 Å². The second-order valence-corrected chi connectivity index (χ2v) is 8.50. The summed E-state index contributed by atoms with van der Waals surface area (Å²) in [5, 5.41) is 21.5. The van der Waals surface area contributed by atoms with Gasteiger partial charge in [0.15, 0.2) is 5.78 Å². The summed E-state index contributed by atoms with van der Waals surface area (Å²) in [6.07, 6.45) is 1.97. The number of carbonyl (C=O) groups is 2. The van der Waals surface area contributed by atoms with E-state index in [1.807, 2.05) is 19.9 Å². The number of aryl methyl sites for hydroxylation is 1. The Kier molecular flexibility index (Phi) is 8.21. The van der Waals surface area contributed by atoms with Crippen LogP contribution in [0.25, 0.3) is 5.69 Å². The lowest BCUT2D eigenvalue weighted by molar-refractivity contribution is 0.0985. The first kappa shape index (κ1) is 25.2. The number of tetrazole rings is 1. The van der Waals surface area contributed by atoms with Crippen LogP contribution in [0.3, 0.4) is 0 Å². The molecular formula is C23H26BrN5O5. The fourth-order valence-corrected chi connectivity index (χ4v) is 4.01. The molecule has 0 saturated carbocycles. The molecule has 2 aromatic carbocycles. The van der Waals surface area contributed by atoms with Crippen LogP contribution in [-0.2, 0) is 6.42 Å². The van der Waals surface area contributed by atoms with Gasteiger partial charge in [-0.3, -0.25) is 9.59 Å². The lowest BCUT2D eigenvalue weighted by Gasteiger charge is -2.15. The number of ether oxygens (including phenoxy) is 2. The topological polar surface area (TPSA) is 142 Å². The zero-order chi connectivity index (χ0) is 24.8. The van der Waals surface area contributed by atoms with Crippen molar-refractivity contribution in [1.29, 1.82) is 0 Å². The van der Waals surface area contributed by atoms with Crippen LogP contribution in [-0.4, -0.2) is 50.2 Å². The normalized spacial score (nSPS) is 10.8. The van der Waals surface area contributed by atoms with Crippen LogP contribution in [0.2, 0.25) is 0 Å². The molecular weight excluding hydrogens is 506 g/mol. The van der Waals surface area contributed by atoms with Crippen LogP contribution in [0.15, 0.2) is 28.7 Å². The predicted octanol–water partition coefficient (Wildman–Crippen LogP) is 3.54. The molecule has 0 fully saturated rings. The lowest BCUT2D eigenvalue weighted by atomic mass is 10.0. The first-order valence-corrected chi connectivity index (χ1v) is 11.5. The van der Waals surface area contributed by atoms with Gasteiger partial charge in [0, 0.05) is 18.1 Å². The van der Waals surface area contributed by atoms with Gasteiger partial charge in [-0.15, -0.1) is 5.10 Å². The maximum atomic E-state index is 11.7. The molecule has 0 radical (unpaired) electrons. The van der Waals surface area contributed by atoms with E-state index < -0.39 is 5.91 Å². The highest BCUT2D eigenvalue weighted by atomic mass is 79.9. The minimum atomic E-state index is -0.739. The third-order valence-corrected chi connectivity index (χ3v) is 5.71. The Morgan fingerprint density at radius 2 is 1.88 bits per heavy atom. The zero-order valence-electron chi connectivity index (χ0n) is 19.2. The number of phenols is 1. The molecule has 0 atom stereocenters. The minimum absolute atomic E-state index is 0.0165. The van der Waals surface area contributed by atoms with E-state index in [2.05, 4.69) is 31.5 Å². The van der Waals surface area contributed by atoms with Crippen molar-refractivity contribution in [1.82, 2.24) is 20.2 Å². The minimum Gasteiger partial charge on any atom is -0.507 e. The highest BCUT2D eigenvalue weighted by Gasteiger charge is 2.18. The number of benzene rings is 2. The summed E-state index contributed by atoms with van der Waals surface area (Å²) in [6, 6.07) is 6.85. The molecule has 0 unspecified atom stereocenters. The maximum absolute atomic E-state index is 11.7. The van der Waals surface area contributed by atoms with Gasteiger partial charge in [-0.05, 0) is 70.4 Å². The fraction of sp³-hybridized carbons (Fsp3) is 0.348. The Labute approximate surface area is 205 Å². The molecule has 34 heavy (non-hydrogen) atoms. The average Bonchev–Trinajstić information content (AvgIpc) is 3.26. The number of nitrogens with zero attached hydrogens (tertiary/aromatic N) is 4. The molecule has 0 aliphatic heterocycles. The lowest BCUT2D eigenvalue weighted by Crippen LogP contribution is -2.18. The number of rotatable bonds is 11. The summed E-state index contributed by atoms with van der Waals surface area (Å²) in [5.74, 6) is 0.0746. The Morgan fingerprint density at radius 3 is 2.53 bits per heavy atom. The Balaban J connectivity index is 1.66. The zero-order valence-corrected chi connectivity index (χ0v) is 20.8. The molecule has 3 aromatic rings. The second-order valence-electron chi connectivity index (χ2n) is 7.64. The van der Waals surface area contributed by atoms with Crippen LogP contribution in [0.1, 0.15) is 58.8 Å². The van der Waals surface area contributed by atoms with E-state index in [0.717, 1.165) is 16.5 Å². The number of aromatic nitrogens is 4. The van der Waals surface area contributed by atoms with E-state index in [9.17, 15) is 14.7 Å². The van der Waals surface area contributed by atoms with Gasteiger partial charge in [0.1, 0.15) is 17.2 Å². The third-order valence-electron chi connectivity index (χ3n) is 5.09. The van der Waals surface area contributed by atoms with E-state index >= 15 is 0 Å². The van der Waals surface area contributed by atoms with Crippen molar-refractivity contribution in [2.24, 2.45) is 5.73 Å².